The van der Waals surface area contributed by atoms with Crippen molar-refractivity contribution in [2.45, 2.75) is 57.9 Å². The Hall–Kier alpha value is -1.02. The Morgan fingerprint density at radius 2 is 1.82 bits per heavy atom. The van der Waals surface area contributed by atoms with Crippen LogP contribution in [0.15, 0.2) is 12.1 Å². The van der Waals surface area contributed by atoms with Crippen molar-refractivity contribution in [1.82, 2.24) is 0 Å². The van der Waals surface area contributed by atoms with Gasteiger partial charge in [-0.1, -0.05) is 26.7 Å². The van der Waals surface area contributed by atoms with Crippen LogP contribution in [0.2, 0.25) is 0 Å². The van der Waals surface area contributed by atoms with Gasteiger partial charge in [-0.15, -0.1) is 0 Å². The first-order valence-electron chi connectivity index (χ1n) is 6.57. The first kappa shape index (κ1) is 12.4. The van der Waals surface area contributed by atoms with Crippen LogP contribution in [-0.2, 0) is 5.54 Å². The van der Waals surface area contributed by atoms with Crippen LogP contribution in [0.25, 0.3) is 0 Å². The summed E-state index contributed by atoms with van der Waals surface area (Å²) >= 11 is 0. The molecule has 0 atom stereocenters. The standard InChI is InChI=1S/C15H23NO/c1-10(2)12-9-13(11(3)8-14(12)17)15(16)6-4-5-7-15/h8-10,17H,4-7,16H2,1-3H3. The average Bonchev–Trinajstić information content (AvgIpc) is 2.65. The molecular weight excluding hydrogens is 210 g/mol. The Morgan fingerprint density at radius 1 is 1.24 bits per heavy atom. The maximum Gasteiger partial charge on any atom is 0.119 e. The quantitative estimate of drug-likeness (QED) is 0.820. The molecule has 1 aromatic rings. The number of phenols is 1. The molecule has 0 aromatic heterocycles. The van der Waals surface area contributed by atoms with Gasteiger partial charge < -0.3 is 10.8 Å². The zero-order chi connectivity index (χ0) is 12.6. The van der Waals surface area contributed by atoms with Crippen molar-refractivity contribution in [1.29, 1.82) is 0 Å². The smallest absolute Gasteiger partial charge is 0.119 e. The second kappa shape index (κ2) is 4.34. The molecule has 0 bridgehead atoms. The fourth-order valence-corrected chi connectivity index (χ4v) is 2.98. The Labute approximate surface area is 104 Å². The molecule has 2 rings (SSSR count). The van der Waals surface area contributed by atoms with Gasteiger partial charge in [0.1, 0.15) is 5.75 Å². The van der Waals surface area contributed by atoms with Crippen molar-refractivity contribution in [2.75, 3.05) is 0 Å². The van der Waals surface area contributed by atoms with Crippen molar-refractivity contribution in [2.24, 2.45) is 5.73 Å². The van der Waals surface area contributed by atoms with E-state index in [2.05, 4.69) is 19.9 Å². The summed E-state index contributed by atoms with van der Waals surface area (Å²) in [5, 5.41) is 9.97. The van der Waals surface area contributed by atoms with E-state index in [9.17, 15) is 5.11 Å². The second-order valence-electron chi connectivity index (χ2n) is 5.74. The van der Waals surface area contributed by atoms with Crippen molar-refractivity contribution in [3.05, 3.63) is 28.8 Å². The summed E-state index contributed by atoms with van der Waals surface area (Å²) in [7, 11) is 0. The Bertz CT molecular complexity index is 417. The van der Waals surface area contributed by atoms with E-state index < -0.39 is 0 Å². The highest BCUT2D eigenvalue weighted by atomic mass is 16.3. The van der Waals surface area contributed by atoms with Gasteiger partial charge in [-0.2, -0.15) is 0 Å². The zero-order valence-corrected chi connectivity index (χ0v) is 11.1. The molecule has 2 heteroatoms. The number of rotatable bonds is 2. The molecule has 1 aliphatic carbocycles. The van der Waals surface area contributed by atoms with Crippen LogP contribution >= 0.6 is 0 Å². The van der Waals surface area contributed by atoms with E-state index in [1.54, 1.807) is 0 Å². The number of nitrogens with two attached hydrogens (primary N) is 1. The average molecular weight is 233 g/mol. The molecule has 3 N–H and O–H groups in total. The van der Waals surface area contributed by atoms with Gasteiger partial charge in [-0.3, -0.25) is 0 Å². The highest BCUT2D eigenvalue weighted by Gasteiger charge is 2.33. The highest BCUT2D eigenvalue weighted by Crippen LogP contribution is 2.40. The summed E-state index contributed by atoms with van der Waals surface area (Å²) in [5.41, 5.74) is 9.72. The molecule has 0 radical (unpaired) electrons. The molecule has 0 saturated heterocycles. The third-order valence-corrected chi connectivity index (χ3v) is 4.03. The van der Waals surface area contributed by atoms with Gasteiger partial charge in [0.05, 0.1) is 0 Å². The summed E-state index contributed by atoms with van der Waals surface area (Å²) in [6, 6.07) is 4.00. The van der Waals surface area contributed by atoms with Gasteiger partial charge in [-0.05, 0) is 54.5 Å². The van der Waals surface area contributed by atoms with Crippen LogP contribution in [0.3, 0.4) is 0 Å². The van der Waals surface area contributed by atoms with Gasteiger partial charge in [0.15, 0.2) is 0 Å². The van der Waals surface area contributed by atoms with E-state index in [0.29, 0.717) is 11.7 Å². The molecule has 0 unspecified atom stereocenters. The summed E-state index contributed by atoms with van der Waals surface area (Å²) < 4.78 is 0. The number of aryl methyl sites for hydroxylation is 1. The summed E-state index contributed by atoms with van der Waals surface area (Å²) in [4.78, 5) is 0. The van der Waals surface area contributed by atoms with Gasteiger partial charge in [0.2, 0.25) is 0 Å². The van der Waals surface area contributed by atoms with Gasteiger partial charge in [0.25, 0.3) is 0 Å². The lowest BCUT2D eigenvalue weighted by atomic mass is 9.83. The molecule has 1 aromatic carbocycles. The highest BCUT2D eigenvalue weighted by molar-refractivity contribution is 5.46. The van der Waals surface area contributed by atoms with Crippen molar-refractivity contribution >= 4 is 0 Å². The van der Waals surface area contributed by atoms with E-state index >= 15 is 0 Å². The van der Waals surface area contributed by atoms with Gasteiger partial charge >= 0.3 is 0 Å². The van der Waals surface area contributed by atoms with E-state index in [-0.39, 0.29) is 5.54 Å². The monoisotopic (exact) mass is 233 g/mol. The Kier molecular flexibility index (Phi) is 3.17. The van der Waals surface area contributed by atoms with Gasteiger partial charge in [0, 0.05) is 5.54 Å². The van der Waals surface area contributed by atoms with Crippen molar-refractivity contribution in [3.8, 4) is 5.75 Å². The van der Waals surface area contributed by atoms with E-state index in [0.717, 1.165) is 24.0 Å². The fourth-order valence-electron chi connectivity index (χ4n) is 2.98. The third-order valence-electron chi connectivity index (χ3n) is 4.03. The molecule has 94 valence electrons. The third kappa shape index (κ3) is 2.19. The fraction of sp³-hybridized carbons (Fsp3) is 0.600. The minimum absolute atomic E-state index is 0.165. The molecule has 0 heterocycles. The van der Waals surface area contributed by atoms with Crippen LogP contribution < -0.4 is 5.73 Å². The normalized spacial score (nSPS) is 18.9. The van der Waals surface area contributed by atoms with Crippen LogP contribution in [0.1, 0.15) is 62.1 Å². The Morgan fingerprint density at radius 3 is 2.35 bits per heavy atom. The number of hydrogen-bond donors (Lipinski definition) is 2. The molecule has 1 saturated carbocycles. The minimum atomic E-state index is -0.165. The largest absolute Gasteiger partial charge is 0.508 e. The summed E-state index contributed by atoms with van der Waals surface area (Å²) in [5.74, 6) is 0.738. The molecule has 17 heavy (non-hydrogen) atoms. The van der Waals surface area contributed by atoms with Crippen molar-refractivity contribution < 1.29 is 5.11 Å². The molecular formula is C15H23NO. The molecule has 0 spiro atoms. The minimum Gasteiger partial charge on any atom is -0.508 e. The molecule has 0 amide bonds. The molecule has 1 fully saturated rings. The van der Waals surface area contributed by atoms with E-state index in [4.69, 9.17) is 5.73 Å². The Balaban J connectivity index is 2.50. The first-order chi connectivity index (χ1) is 7.94. The zero-order valence-electron chi connectivity index (χ0n) is 11.1. The van der Waals surface area contributed by atoms with Gasteiger partial charge in [-0.25, -0.2) is 0 Å². The van der Waals surface area contributed by atoms with Crippen LogP contribution in [0.5, 0.6) is 5.75 Å². The lowest BCUT2D eigenvalue weighted by Gasteiger charge is -2.27. The van der Waals surface area contributed by atoms with Crippen molar-refractivity contribution in [3.63, 3.8) is 0 Å². The number of benzene rings is 1. The molecule has 1 aliphatic rings. The van der Waals surface area contributed by atoms with E-state index in [1.165, 1.54) is 18.4 Å². The first-order valence-corrected chi connectivity index (χ1v) is 6.57. The second-order valence-corrected chi connectivity index (χ2v) is 5.74. The SMILES string of the molecule is Cc1cc(O)c(C(C)C)cc1C1(N)CCCC1. The lowest BCUT2D eigenvalue weighted by molar-refractivity contribution is 0.446. The van der Waals surface area contributed by atoms with Crippen LogP contribution in [0.4, 0.5) is 0 Å². The number of hydrogen-bond acceptors (Lipinski definition) is 2. The molecule has 2 nitrogen and oxygen atoms in total. The molecule has 0 aliphatic heterocycles. The van der Waals surface area contributed by atoms with Crippen LogP contribution in [-0.4, -0.2) is 5.11 Å². The van der Waals surface area contributed by atoms with Crippen LogP contribution in [0, 0.1) is 6.92 Å². The predicted octanol–water partition coefficient (Wildman–Crippen LogP) is 3.55. The lowest BCUT2D eigenvalue weighted by Crippen LogP contribution is -2.34. The summed E-state index contributed by atoms with van der Waals surface area (Å²) in [6.45, 7) is 6.25. The number of phenolic OH excluding ortho intramolecular Hbond substituents is 1. The predicted molar refractivity (Wildman–Crippen MR) is 71.3 cm³/mol. The topological polar surface area (TPSA) is 46.2 Å². The van der Waals surface area contributed by atoms with E-state index in [1.807, 2.05) is 13.0 Å². The maximum absolute atomic E-state index is 9.97. The number of aromatic hydroxyl groups is 1. The summed E-state index contributed by atoms with van der Waals surface area (Å²) in [6.07, 6.45) is 4.56. The maximum atomic E-state index is 9.97.